The average Bonchev–Trinajstić information content (AvgIpc) is 2.58. The van der Waals surface area contributed by atoms with Gasteiger partial charge < -0.3 is 10.1 Å². The molecule has 1 heterocycles. The van der Waals surface area contributed by atoms with E-state index < -0.39 is 0 Å². The molecule has 0 aliphatic heterocycles. The van der Waals surface area contributed by atoms with Crippen molar-refractivity contribution < 1.29 is 9.53 Å². The van der Waals surface area contributed by atoms with Crippen LogP contribution in [0.15, 0.2) is 79.1 Å². The van der Waals surface area contributed by atoms with Crippen LogP contribution in [-0.4, -0.2) is 10.9 Å². The van der Waals surface area contributed by atoms with E-state index in [1.165, 1.54) is 0 Å². The SMILES string of the molecule is O=C(Cc1cccnc1)Nc1ccc(Oc2ccccc2)cc1. The zero-order valence-electron chi connectivity index (χ0n) is 12.5. The maximum absolute atomic E-state index is 12.0. The highest BCUT2D eigenvalue weighted by Gasteiger charge is 2.04. The summed E-state index contributed by atoms with van der Waals surface area (Å²) in [5.74, 6) is 1.43. The van der Waals surface area contributed by atoms with E-state index in [0.29, 0.717) is 6.42 Å². The van der Waals surface area contributed by atoms with Crippen molar-refractivity contribution in [3.05, 3.63) is 84.7 Å². The van der Waals surface area contributed by atoms with Crippen molar-refractivity contribution in [2.45, 2.75) is 6.42 Å². The van der Waals surface area contributed by atoms with Crippen LogP contribution in [0.2, 0.25) is 0 Å². The molecule has 4 nitrogen and oxygen atoms in total. The van der Waals surface area contributed by atoms with Gasteiger partial charge in [0.1, 0.15) is 11.5 Å². The molecular weight excluding hydrogens is 288 g/mol. The van der Waals surface area contributed by atoms with Crippen LogP contribution in [0.1, 0.15) is 5.56 Å². The lowest BCUT2D eigenvalue weighted by Gasteiger charge is -2.08. The molecule has 0 unspecified atom stereocenters. The topological polar surface area (TPSA) is 51.2 Å². The molecule has 23 heavy (non-hydrogen) atoms. The molecule has 0 spiro atoms. The number of nitrogens with zero attached hydrogens (tertiary/aromatic N) is 1. The number of hydrogen-bond donors (Lipinski definition) is 1. The van der Waals surface area contributed by atoms with Gasteiger partial charge in [-0.3, -0.25) is 9.78 Å². The Morgan fingerprint density at radius 3 is 2.35 bits per heavy atom. The molecule has 0 fully saturated rings. The van der Waals surface area contributed by atoms with Crippen molar-refractivity contribution in [3.63, 3.8) is 0 Å². The highest BCUT2D eigenvalue weighted by atomic mass is 16.5. The number of benzene rings is 2. The fourth-order valence-corrected chi connectivity index (χ4v) is 2.12. The summed E-state index contributed by atoms with van der Waals surface area (Å²) in [6.07, 6.45) is 3.68. The Labute approximate surface area is 134 Å². The van der Waals surface area contributed by atoms with Crippen LogP contribution in [-0.2, 0) is 11.2 Å². The molecule has 0 bridgehead atoms. The molecule has 0 atom stereocenters. The Morgan fingerprint density at radius 1 is 0.913 bits per heavy atom. The van der Waals surface area contributed by atoms with Crippen LogP contribution in [0.3, 0.4) is 0 Å². The minimum atomic E-state index is -0.0743. The first-order chi connectivity index (χ1) is 11.3. The summed E-state index contributed by atoms with van der Waals surface area (Å²) in [6, 6.07) is 20.5. The molecule has 114 valence electrons. The van der Waals surface area contributed by atoms with E-state index in [2.05, 4.69) is 10.3 Å². The largest absolute Gasteiger partial charge is 0.457 e. The second kappa shape index (κ2) is 7.22. The molecule has 2 aromatic carbocycles. The zero-order chi connectivity index (χ0) is 15.9. The van der Waals surface area contributed by atoms with Gasteiger partial charge in [0.25, 0.3) is 0 Å². The lowest BCUT2D eigenvalue weighted by Crippen LogP contribution is -2.14. The number of hydrogen-bond acceptors (Lipinski definition) is 3. The number of carbonyl (C=O) groups is 1. The maximum atomic E-state index is 12.0. The maximum Gasteiger partial charge on any atom is 0.228 e. The zero-order valence-corrected chi connectivity index (χ0v) is 12.5. The van der Waals surface area contributed by atoms with Crippen LogP contribution in [0, 0.1) is 0 Å². The molecule has 1 N–H and O–H groups in total. The predicted octanol–water partition coefficient (Wildman–Crippen LogP) is 4.06. The van der Waals surface area contributed by atoms with Gasteiger partial charge in [-0.1, -0.05) is 24.3 Å². The van der Waals surface area contributed by atoms with E-state index in [0.717, 1.165) is 22.7 Å². The minimum absolute atomic E-state index is 0.0743. The molecule has 3 aromatic rings. The number of aromatic nitrogens is 1. The van der Waals surface area contributed by atoms with E-state index in [-0.39, 0.29) is 5.91 Å². The standard InChI is InChI=1S/C19H16N2O2/c22-19(13-15-5-4-12-20-14-15)21-16-8-10-18(11-9-16)23-17-6-2-1-3-7-17/h1-12,14H,13H2,(H,21,22). The van der Waals surface area contributed by atoms with Crippen molar-refractivity contribution >= 4 is 11.6 Å². The fourth-order valence-electron chi connectivity index (χ4n) is 2.12. The fraction of sp³-hybridized carbons (Fsp3) is 0.0526. The predicted molar refractivity (Wildman–Crippen MR) is 89.5 cm³/mol. The van der Waals surface area contributed by atoms with Crippen LogP contribution in [0.4, 0.5) is 5.69 Å². The summed E-state index contributed by atoms with van der Waals surface area (Å²) in [7, 11) is 0. The highest BCUT2D eigenvalue weighted by Crippen LogP contribution is 2.22. The second-order valence-corrected chi connectivity index (χ2v) is 5.03. The molecule has 0 saturated heterocycles. The number of para-hydroxylation sites is 1. The van der Waals surface area contributed by atoms with E-state index >= 15 is 0 Å². The summed E-state index contributed by atoms with van der Waals surface area (Å²) in [5, 5.41) is 2.86. The normalized spacial score (nSPS) is 10.1. The number of ether oxygens (including phenoxy) is 1. The molecule has 1 amide bonds. The van der Waals surface area contributed by atoms with Crippen molar-refractivity contribution in [1.82, 2.24) is 4.98 Å². The third-order valence-electron chi connectivity index (χ3n) is 3.20. The third-order valence-corrected chi connectivity index (χ3v) is 3.20. The molecule has 0 aliphatic rings. The number of amides is 1. The van der Waals surface area contributed by atoms with Crippen LogP contribution in [0.25, 0.3) is 0 Å². The average molecular weight is 304 g/mol. The smallest absolute Gasteiger partial charge is 0.228 e. The molecule has 4 heteroatoms. The van der Waals surface area contributed by atoms with Crippen molar-refractivity contribution in [1.29, 1.82) is 0 Å². The van der Waals surface area contributed by atoms with Gasteiger partial charge in [-0.05, 0) is 48.0 Å². The molecular formula is C19H16N2O2. The first-order valence-corrected chi connectivity index (χ1v) is 7.31. The Kier molecular flexibility index (Phi) is 4.64. The number of rotatable bonds is 5. The van der Waals surface area contributed by atoms with Gasteiger partial charge in [0.2, 0.25) is 5.91 Å². The molecule has 0 aliphatic carbocycles. The van der Waals surface area contributed by atoms with Crippen LogP contribution in [0.5, 0.6) is 11.5 Å². The Balaban J connectivity index is 1.58. The highest BCUT2D eigenvalue weighted by molar-refractivity contribution is 5.92. The summed E-state index contributed by atoms with van der Waals surface area (Å²) < 4.78 is 5.71. The number of carbonyl (C=O) groups excluding carboxylic acids is 1. The first kappa shape index (κ1) is 14.8. The monoisotopic (exact) mass is 304 g/mol. The number of pyridine rings is 1. The van der Waals surface area contributed by atoms with Gasteiger partial charge in [0.05, 0.1) is 6.42 Å². The van der Waals surface area contributed by atoms with Gasteiger partial charge in [-0.15, -0.1) is 0 Å². The Bertz CT molecular complexity index is 756. The van der Waals surface area contributed by atoms with Gasteiger partial charge in [-0.25, -0.2) is 0 Å². The van der Waals surface area contributed by atoms with E-state index in [1.54, 1.807) is 12.4 Å². The van der Waals surface area contributed by atoms with Crippen LogP contribution >= 0.6 is 0 Å². The van der Waals surface area contributed by atoms with Crippen molar-refractivity contribution in [2.75, 3.05) is 5.32 Å². The molecule has 0 saturated carbocycles. The number of nitrogens with one attached hydrogen (secondary N) is 1. The van der Waals surface area contributed by atoms with Crippen LogP contribution < -0.4 is 10.1 Å². The van der Waals surface area contributed by atoms with E-state index in [9.17, 15) is 4.79 Å². The van der Waals surface area contributed by atoms with Gasteiger partial charge in [0, 0.05) is 18.1 Å². The van der Waals surface area contributed by atoms with Crippen molar-refractivity contribution in [3.8, 4) is 11.5 Å². The Hall–Kier alpha value is -3.14. The number of anilines is 1. The van der Waals surface area contributed by atoms with E-state index in [1.807, 2.05) is 66.7 Å². The lowest BCUT2D eigenvalue weighted by atomic mass is 10.2. The first-order valence-electron chi connectivity index (χ1n) is 7.31. The van der Waals surface area contributed by atoms with Gasteiger partial charge in [0.15, 0.2) is 0 Å². The summed E-state index contributed by atoms with van der Waals surface area (Å²) in [4.78, 5) is 16.0. The summed E-state index contributed by atoms with van der Waals surface area (Å²) in [6.45, 7) is 0. The third kappa shape index (κ3) is 4.41. The Morgan fingerprint density at radius 2 is 1.65 bits per heavy atom. The quantitative estimate of drug-likeness (QED) is 0.773. The van der Waals surface area contributed by atoms with Gasteiger partial charge in [-0.2, -0.15) is 0 Å². The summed E-state index contributed by atoms with van der Waals surface area (Å²) >= 11 is 0. The lowest BCUT2D eigenvalue weighted by molar-refractivity contribution is -0.115. The van der Waals surface area contributed by atoms with Gasteiger partial charge >= 0.3 is 0 Å². The molecule has 0 radical (unpaired) electrons. The second-order valence-electron chi connectivity index (χ2n) is 5.03. The van der Waals surface area contributed by atoms with E-state index in [4.69, 9.17) is 4.74 Å². The molecule has 1 aromatic heterocycles. The minimum Gasteiger partial charge on any atom is -0.457 e. The van der Waals surface area contributed by atoms with Crippen molar-refractivity contribution in [2.24, 2.45) is 0 Å². The summed E-state index contributed by atoms with van der Waals surface area (Å²) in [5.41, 5.74) is 1.62. The molecule has 3 rings (SSSR count).